The van der Waals surface area contributed by atoms with E-state index in [4.69, 9.17) is 0 Å². The fraction of sp³-hybridized carbons (Fsp3) is 0.273. The predicted molar refractivity (Wildman–Crippen MR) is 57.6 cm³/mol. The highest BCUT2D eigenvalue weighted by Crippen LogP contribution is 2.27. The van der Waals surface area contributed by atoms with Gasteiger partial charge in [0.25, 0.3) is 0 Å². The highest BCUT2D eigenvalue weighted by molar-refractivity contribution is 6.00. The Bertz CT molecular complexity index is 434. The van der Waals surface area contributed by atoms with Crippen LogP contribution in [0.2, 0.25) is 0 Å². The number of aromatic nitrogens is 1. The highest BCUT2D eigenvalue weighted by Gasteiger charge is 2.28. The first-order chi connectivity index (χ1) is 7.72. The van der Waals surface area contributed by atoms with Gasteiger partial charge >= 0.3 is 5.97 Å². The molecule has 16 heavy (non-hydrogen) atoms. The number of carbonyl (C=O) groups is 2. The molecule has 1 aromatic rings. The third-order valence-corrected chi connectivity index (χ3v) is 2.44. The van der Waals surface area contributed by atoms with Crippen LogP contribution in [-0.4, -0.2) is 24.0 Å². The number of nitrogens with zero attached hydrogens (tertiary/aromatic N) is 1. The van der Waals surface area contributed by atoms with Gasteiger partial charge in [-0.05, 0) is 18.6 Å². The fourth-order valence-electron chi connectivity index (χ4n) is 1.70. The van der Waals surface area contributed by atoms with Crippen LogP contribution in [0.3, 0.4) is 0 Å². The first kappa shape index (κ1) is 10.5. The third kappa shape index (κ3) is 1.84. The average molecular weight is 220 g/mol. The van der Waals surface area contributed by atoms with Crippen molar-refractivity contribution in [1.82, 2.24) is 4.98 Å². The van der Waals surface area contributed by atoms with Crippen molar-refractivity contribution in [3.8, 4) is 0 Å². The zero-order valence-corrected chi connectivity index (χ0v) is 8.90. The van der Waals surface area contributed by atoms with Gasteiger partial charge in [-0.2, -0.15) is 0 Å². The third-order valence-electron chi connectivity index (χ3n) is 2.44. The van der Waals surface area contributed by atoms with Crippen molar-refractivity contribution in [2.24, 2.45) is 0 Å². The maximum absolute atomic E-state index is 11.7. The van der Waals surface area contributed by atoms with Crippen molar-refractivity contribution in [3.63, 3.8) is 0 Å². The van der Waals surface area contributed by atoms with Gasteiger partial charge in [-0.1, -0.05) is 0 Å². The van der Waals surface area contributed by atoms with Gasteiger partial charge in [-0.3, -0.25) is 9.69 Å². The lowest BCUT2D eigenvalue weighted by Crippen LogP contribution is -2.23. The number of rotatable bonds is 2. The molecule has 0 radical (unpaired) electrons. The lowest BCUT2D eigenvalue weighted by molar-refractivity contribution is -0.134. The SMILES string of the molecule is COC(=O)/C=C1\CCC(=O)N1c1ccc[nH]1. The van der Waals surface area contributed by atoms with Gasteiger partial charge in [0.2, 0.25) is 5.91 Å². The molecule has 5 nitrogen and oxygen atoms in total. The molecule has 1 aliphatic rings. The lowest BCUT2D eigenvalue weighted by Gasteiger charge is -2.15. The van der Waals surface area contributed by atoms with Gasteiger partial charge < -0.3 is 9.72 Å². The zero-order valence-electron chi connectivity index (χ0n) is 8.90. The van der Waals surface area contributed by atoms with Crippen LogP contribution in [-0.2, 0) is 14.3 Å². The highest BCUT2D eigenvalue weighted by atomic mass is 16.5. The zero-order chi connectivity index (χ0) is 11.5. The summed E-state index contributed by atoms with van der Waals surface area (Å²) in [6.07, 6.45) is 4.07. The monoisotopic (exact) mass is 220 g/mol. The Labute approximate surface area is 92.7 Å². The van der Waals surface area contributed by atoms with Crippen LogP contribution < -0.4 is 4.90 Å². The normalized spacial score (nSPS) is 18.2. The summed E-state index contributed by atoms with van der Waals surface area (Å²) in [7, 11) is 1.31. The minimum atomic E-state index is -0.443. The van der Waals surface area contributed by atoms with Crippen LogP contribution in [0.15, 0.2) is 30.1 Å². The number of hydrogen-bond donors (Lipinski definition) is 1. The molecule has 1 aliphatic heterocycles. The van der Waals surface area contributed by atoms with E-state index in [0.717, 1.165) is 0 Å². The molecule has 1 fully saturated rings. The van der Waals surface area contributed by atoms with Crippen LogP contribution in [0, 0.1) is 0 Å². The average Bonchev–Trinajstić information content (AvgIpc) is 2.88. The first-order valence-electron chi connectivity index (χ1n) is 4.97. The summed E-state index contributed by atoms with van der Waals surface area (Å²) in [6, 6.07) is 3.59. The second-order valence-electron chi connectivity index (χ2n) is 3.44. The van der Waals surface area contributed by atoms with E-state index < -0.39 is 5.97 Å². The predicted octanol–water partition coefficient (Wildman–Crippen LogP) is 1.20. The second-order valence-corrected chi connectivity index (χ2v) is 3.44. The van der Waals surface area contributed by atoms with Crippen LogP contribution in [0.25, 0.3) is 0 Å². The van der Waals surface area contributed by atoms with E-state index >= 15 is 0 Å². The van der Waals surface area contributed by atoms with Crippen molar-refractivity contribution in [1.29, 1.82) is 0 Å². The van der Waals surface area contributed by atoms with Gasteiger partial charge in [0.15, 0.2) is 0 Å². The Balaban J connectivity index is 2.30. The standard InChI is InChI=1S/C11H12N2O3/c1-16-11(15)7-8-4-5-10(14)13(8)9-3-2-6-12-9/h2-3,6-7,12H,4-5H2,1H3/b8-7+. The summed E-state index contributed by atoms with van der Waals surface area (Å²) >= 11 is 0. The fourth-order valence-corrected chi connectivity index (χ4v) is 1.70. The first-order valence-corrected chi connectivity index (χ1v) is 4.97. The van der Waals surface area contributed by atoms with Crippen LogP contribution in [0.1, 0.15) is 12.8 Å². The number of methoxy groups -OCH3 is 1. The molecule has 0 atom stereocenters. The number of esters is 1. The van der Waals surface area contributed by atoms with Crippen LogP contribution in [0.5, 0.6) is 0 Å². The summed E-state index contributed by atoms with van der Waals surface area (Å²) in [5.41, 5.74) is 0.666. The van der Waals surface area contributed by atoms with E-state index in [9.17, 15) is 9.59 Å². The molecule has 0 bridgehead atoms. The molecule has 1 aromatic heterocycles. The molecule has 1 saturated heterocycles. The van der Waals surface area contributed by atoms with Gasteiger partial charge in [0.05, 0.1) is 7.11 Å². The van der Waals surface area contributed by atoms with E-state index in [-0.39, 0.29) is 5.91 Å². The molecule has 1 N–H and O–H groups in total. The molecule has 84 valence electrons. The minimum Gasteiger partial charge on any atom is -0.466 e. The maximum atomic E-state index is 11.7. The molecule has 2 rings (SSSR count). The van der Waals surface area contributed by atoms with E-state index in [2.05, 4.69) is 9.72 Å². The van der Waals surface area contributed by atoms with Crippen LogP contribution >= 0.6 is 0 Å². The summed E-state index contributed by atoms with van der Waals surface area (Å²) in [4.78, 5) is 27.3. The molecule has 0 spiro atoms. The van der Waals surface area contributed by atoms with Crippen molar-refractivity contribution >= 4 is 17.7 Å². The summed E-state index contributed by atoms with van der Waals surface area (Å²) in [6.45, 7) is 0. The van der Waals surface area contributed by atoms with Crippen LogP contribution in [0.4, 0.5) is 5.82 Å². The van der Waals surface area contributed by atoms with Crippen molar-refractivity contribution in [2.45, 2.75) is 12.8 Å². The molecule has 0 aliphatic carbocycles. The number of ether oxygens (including phenoxy) is 1. The number of carbonyl (C=O) groups excluding carboxylic acids is 2. The lowest BCUT2D eigenvalue weighted by atomic mass is 10.3. The molecule has 2 heterocycles. The Hall–Kier alpha value is -2.04. The van der Waals surface area contributed by atoms with E-state index in [0.29, 0.717) is 24.4 Å². The number of allylic oxidation sites excluding steroid dienone is 1. The number of amides is 1. The smallest absolute Gasteiger partial charge is 0.332 e. The topological polar surface area (TPSA) is 62.4 Å². The van der Waals surface area contributed by atoms with Gasteiger partial charge in [-0.15, -0.1) is 0 Å². The van der Waals surface area contributed by atoms with Gasteiger partial charge in [-0.25, -0.2) is 4.79 Å². The van der Waals surface area contributed by atoms with E-state index in [1.807, 2.05) is 0 Å². The number of anilines is 1. The maximum Gasteiger partial charge on any atom is 0.332 e. The minimum absolute atomic E-state index is 0.0161. The largest absolute Gasteiger partial charge is 0.466 e. The molecule has 0 unspecified atom stereocenters. The van der Waals surface area contributed by atoms with Crippen molar-refractivity contribution in [2.75, 3.05) is 12.0 Å². The Morgan fingerprint density at radius 3 is 3.00 bits per heavy atom. The Kier molecular flexibility index (Phi) is 2.76. The summed E-state index contributed by atoms with van der Waals surface area (Å²) in [5.74, 6) is 0.219. The summed E-state index contributed by atoms with van der Waals surface area (Å²) < 4.78 is 4.55. The Morgan fingerprint density at radius 1 is 1.56 bits per heavy atom. The Morgan fingerprint density at radius 2 is 2.38 bits per heavy atom. The number of hydrogen-bond acceptors (Lipinski definition) is 3. The second kappa shape index (κ2) is 4.22. The van der Waals surface area contributed by atoms with Gasteiger partial charge in [0, 0.05) is 24.4 Å². The molecule has 5 heteroatoms. The van der Waals surface area contributed by atoms with Crippen molar-refractivity contribution in [3.05, 3.63) is 30.1 Å². The quantitative estimate of drug-likeness (QED) is 0.601. The molecule has 0 saturated carbocycles. The number of nitrogens with one attached hydrogen (secondary N) is 1. The van der Waals surface area contributed by atoms with E-state index in [1.54, 1.807) is 18.3 Å². The van der Waals surface area contributed by atoms with Gasteiger partial charge in [0.1, 0.15) is 5.82 Å². The van der Waals surface area contributed by atoms with Crippen molar-refractivity contribution < 1.29 is 14.3 Å². The molecular formula is C11H12N2O3. The molecule has 1 amide bonds. The van der Waals surface area contributed by atoms with E-state index in [1.165, 1.54) is 18.1 Å². The number of H-pyrrole nitrogens is 1. The molecular weight excluding hydrogens is 208 g/mol. The molecule has 0 aromatic carbocycles. The summed E-state index contributed by atoms with van der Waals surface area (Å²) in [5, 5.41) is 0. The number of aromatic amines is 1.